The molecule has 2 heterocycles. The Bertz CT molecular complexity index is 1180. The first-order valence-corrected chi connectivity index (χ1v) is 13.2. The van der Waals surface area contributed by atoms with E-state index in [1.807, 2.05) is 54.0 Å². The summed E-state index contributed by atoms with van der Waals surface area (Å²) in [5.74, 6) is 0.601. The Kier molecular flexibility index (Phi) is 8.90. The Hall–Kier alpha value is -2.58. The van der Waals surface area contributed by atoms with Crippen molar-refractivity contribution in [3.63, 3.8) is 0 Å². The molecular weight excluding hydrogens is 497 g/mol. The minimum atomic E-state index is -0.679. The maximum absolute atomic E-state index is 13.0. The van der Waals surface area contributed by atoms with Crippen LogP contribution in [0.3, 0.4) is 0 Å². The van der Waals surface area contributed by atoms with Gasteiger partial charge in [-0.25, -0.2) is 4.98 Å². The second kappa shape index (κ2) is 12.1. The first-order chi connectivity index (χ1) is 17.4. The molecule has 2 aromatic carbocycles. The van der Waals surface area contributed by atoms with Gasteiger partial charge in [0.25, 0.3) is 5.91 Å². The number of β-amino-alcohol motifs (C(OH)–C–C–N with tert-alkyl or cyclic N) is 1. The van der Waals surface area contributed by atoms with Gasteiger partial charge in [-0.1, -0.05) is 54.4 Å². The fraction of sp³-hybridized carbons (Fsp3) is 0.407. The number of para-hydroxylation sites is 1. The lowest BCUT2D eigenvalue weighted by Gasteiger charge is -2.37. The lowest BCUT2D eigenvalue weighted by atomic mass is 10.2. The Balaban J connectivity index is 1.31. The van der Waals surface area contributed by atoms with Crippen molar-refractivity contribution < 1.29 is 9.90 Å². The van der Waals surface area contributed by atoms with Crippen LogP contribution in [0.5, 0.6) is 0 Å². The van der Waals surface area contributed by atoms with E-state index in [1.165, 1.54) is 0 Å². The quantitative estimate of drug-likeness (QED) is 0.431. The van der Waals surface area contributed by atoms with Crippen LogP contribution in [0.25, 0.3) is 5.69 Å². The summed E-state index contributed by atoms with van der Waals surface area (Å²) in [5.41, 5.74) is 3.13. The lowest BCUT2D eigenvalue weighted by molar-refractivity contribution is 0.0847. The molecule has 1 aliphatic rings. The molecule has 0 spiro atoms. The zero-order chi connectivity index (χ0) is 25.7. The second-order valence-electron chi connectivity index (χ2n) is 9.11. The Morgan fingerprint density at radius 1 is 1.08 bits per heavy atom. The molecule has 192 valence electrons. The molecule has 0 aliphatic carbocycles. The molecule has 3 aromatic rings. The third-order valence-corrected chi connectivity index (χ3v) is 7.30. The fourth-order valence-corrected chi connectivity index (χ4v) is 5.07. The van der Waals surface area contributed by atoms with Crippen LogP contribution < -0.4 is 10.2 Å². The first kappa shape index (κ1) is 26.5. The van der Waals surface area contributed by atoms with Gasteiger partial charge < -0.3 is 19.9 Å². The largest absolute Gasteiger partial charge is 0.390 e. The number of carbonyl (C=O) groups is 1. The number of aliphatic hydroxyl groups is 1. The summed E-state index contributed by atoms with van der Waals surface area (Å²) in [6.07, 6.45) is 1.03. The Labute approximate surface area is 222 Å². The molecule has 1 amide bonds. The molecular formula is C27H33Cl2N5O2. The van der Waals surface area contributed by atoms with Gasteiger partial charge in [0.05, 0.1) is 27.5 Å². The number of anilines is 1. The lowest BCUT2D eigenvalue weighted by Crippen LogP contribution is -2.50. The van der Waals surface area contributed by atoms with E-state index in [1.54, 1.807) is 6.07 Å². The number of nitrogens with one attached hydrogen (secondary N) is 1. The highest BCUT2D eigenvalue weighted by atomic mass is 35.5. The van der Waals surface area contributed by atoms with Crippen LogP contribution in [0.2, 0.25) is 10.0 Å². The second-order valence-corrected chi connectivity index (χ2v) is 9.89. The topological polar surface area (TPSA) is 73.6 Å². The number of carbonyl (C=O) groups excluding carboxylic acids is 1. The number of halogens is 2. The number of hydrogen-bond acceptors (Lipinski definition) is 5. The zero-order valence-corrected chi connectivity index (χ0v) is 22.3. The van der Waals surface area contributed by atoms with Crippen LogP contribution >= 0.6 is 23.2 Å². The normalized spacial score (nSPS) is 15.2. The molecule has 1 saturated heterocycles. The van der Waals surface area contributed by atoms with Gasteiger partial charge in [0.2, 0.25) is 0 Å². The third kappa shape index (κ3) is 6.03. The van der Waals surface area contributed by atoms with Gasteiger partial charge in [0, 0.05) is 51.4 Å². The fourth-order valence-electron chi connectivity index (χ4n) is 4.65. The molecule has 7 nitrogen and oxygen atoms in total. The summed E-state index contributed by atoms with van der Waals surface area (Å²) in [5, 5.41) is 14.6. The van der Waals surface area contributed by atoms with Gasteiger partial charge in [-0.15, -0.1) is 0 Å². The van der Waals surface area contributed by atoms with E-state index in [0.717, 1.165) is 61.9 Å². The maximum Gasteiger partial charge on any atom is 0.271 e. The molecule has 1 fully saturated rings. The van der Waals surface area contributed by atoms with Gasteiger partial charge in [0.15, 0.2) is 0 Å². The molecule has 4 rings (SSSR count). The maximum atomic E-state index is 13.0. The van der Waals surface area contributed by atoms with Crippen molar-refractivity contribution in [1.29, 1.82) is 0 Å². The number of aryl methyl sites for hydroxylation is 1. The molecule has 0 bridgehead atoms. The standard InChI is InChI=1S/C27H33Cl2N5O2/c1-3-8-24-31-26(19(2)34(24)20-9-5-4-6-10-20)27(36)30-17-21(35)18-32-13-15-33(16-14-32)23-12-7-11-22(28)25(23)29/h4-7,9-12,21,35H,3,8,13-18H2,1-2H3,(H,30,36). The number of aromatic nitrogens is 2. The highest BCUT2D eigenvalue weighted by molar-refractivity contribution is 6.43. The van der Waals surface area contributed by atoms with Gasteiger partial charge in [0.1, 0.15) is 11.5 Å². The molecule has 1 aromatic heterocycles. The van der Waals surface area contributed by atoms with Crippen molar-refractivity contribution in [2.45, 2.75) is 32.8 Å². The van der Waals surface area contributed by atoms with E-state index < -0.39 is 6.10 Å². The highest BCUT2D eigenvalue weighted by Crippen LogP contribution is 2.32. The van der Waals surface area contributed by atoms with E-state index in [2.05, 4.69) is 27.0 Å². The number of amides is 1. The predicted molar refractivity (Wildman–Crippen MR) is 146 cm³/mol. The van der Waals surface area contributed by atoms with Crippen LogP contribution in [0.1, 0.15) is 35.4 Å². The summed E-state index contributed by atoms with van der Waals surface area (Å²) >= 11 is 12.5. The van der Waals surface area contributed by atoms with E-state index in [9.17, 15) is 9.90 Å². The number of hydrogen-bond donors (Lipinski definition) is 2. The van der Waals surface area contributed by atoms with Crippen LogP contribution in [-0.4, -0.2) is 70.8 Å². The molecule has 36 heavy (non-hydrogen) atoms. The van der Waals surface area contributed by atoms with Gasteiger partial charge in [-0.3, -0.25) is 9.69 Å². The zero-order valence-electron chi connectivity index (χ0n) is 20.8. The average molecular weight is 531 g/mol. The Morgan fingerprint density at radius 3 is 2.50 bits per heavy atom. The molecule has 0 radical (unpaired) electrons. The molecule has 0 saturated carbocycles. The van der Waals surface area contributed by atoms with Gasteiger partial charge in [-0.05, 0) is 37.6 Å². The third-order valence-electron chi connectivity index (χ3n) is 6.49. The monoisotopic (exact) mass is 529 g/mol. The van der Waals surface area contributed by atoms with E-state index in [0.29, 0.717) is 22.3 Å². The predicted octanol–water partition coefficient (Wildman–Crippen LogP) is 4.35. The number of benzene rings is 2. The van der Waals surface area contributed by atoms with Crippen LogP contribution in [0.4, 0.5) is 5.69 Å². The smallest absolute Gasteiger partial charge is 0.271 e. The van der Waals surface area contributed by atoms with Crippen molar-refractivity contribution in [2.24, 2.45) is 0 Å². The summed E-state index contributed by atoms with van der Waals surface area (Å²) in [4.78, 5) is 22.0. The van der Waals surface area contributed by atoms with E-state index in [-0.39, 0.29) is 12.5 Å². The molecule has 1 unspecified atom stereocenters. The Morgan fingerprint density at radius 2 is 1.81 bits per heavy atom. The summed E-state index contributed by atoms with van der Waals surface area (Å²) in [7, 11) is 0. The van der Waals surface area contributed by atoms with Crippen molar-refractivity contribution in [2.75, 3.05) is 44.2 Å². The number of imidazole rings is 1. The van der Waals surface area contributed by atoms with Crippen molar-refractivity contribution in [1.82, 2.24) is 19.8 Å². The van der Waals surface area contributed by atoms with E-state index in [4.69, 9.17) is 23.2 Å². The van der Waals surface area contributed by atoms with Crippen molar-refractivity contribution >= 4 is 34.8 Å². The summed E-state index contributed by atoms with van der Waals surface area (Å²) in [6, 6.07) is 15.6. The minimum Gasteiger partial charge on any atom is -0.390 e. The minimum absolute atomic E-state index is 0.167. The molecule has 1 atom stereocenters. The summed E-state index contributed by atoms with van der Waals surface area (Å²) in [6.45, 7) is 7.80. The summed E-state index contributed by atoms with van der Waals surface area (Å²) < 4.78 is 2.04. The number of aliphatic hydroxyl groups excluding tert-OH is 1. The van der Waals surface area contributed by atoms with Gasteiger partial charge in [-0.2, -0.15) is 0 Å². The van der Waals surface area contributed by atoms with Crippen molar-refractivity contribution in [3.05, 3.63) is 75.8 Å². The molecule has 1 aliphatic heterocycles. The van der Waals surface area contributed by atoms with Crippen LogP contribution in [0, 0.1) is 6.92 Å². The number of nitrogens with zero attached hydrogens (tertiary/aromatic N) is 4. The van der Waals surface area contributed by atoms with Crippen LogP contribution in [0.15, 0.2) is 48.5 Å². The van der Waals surface area contributed by atoms with Crippen molar-refractivity contribution in [3.8, 4) is 5.69 Å². The SMILES string of the molecule is CCCc1nc(C(=O)NCC(O)CN2CCN(c3cccc(Cl)c3Cl)CC2)c(C)n1-c1ccccc1. The number of piperazine rings is 1. The van der Waals surface area contributed by atoms with Crippen LogP contribution in [-0.2, 0) is 6.42 Å². The molecule has 9 heteroatoms. The molecule has 2 N–H and O–H groups in total. The first-order valence-electron chi connectivity index (χ1n) is 12.4. The van der Waals surface area contributed by atoms with Gasteiger partial charge >= 0.3 is 0 Å². The average Bonchev–Trinajstić information content (AvgIpc) is 3.21. The highest BCUT2D eigenvalue weighted by Gasteiger charge is 2.23. The number of rotatable bonds is 9. The van der Waals surface area contributed by atoms with E-state index >= 15 is 0 Å².